The lowest BCUT2D eigenvalue weighted by Crippen LogP contribution is -2.59. The fourth-order valence-electron chi connectivity index (χ4n) is 6.14. The number of hydrogen-bond acceptors (Lipinski definition) is 4. The van der Waals surface area contributed by atoms with Crippen molar-refractivity contribution in [1.29, 1.82) is 0 Å². The van der Waals surface area contributed by atoms with Crippen molar-refractivity contribution in [2.45, 2.75) is 52.2 Å². The van der Waals surface area contributed by atoms with E-state index in [4.69, 9.17) is 0 Å². The monoisotopic (exact) mass is 549 g/mol. The maximum Gasteiger partial charge on any atom is 0.272 e. The highest BCUT2D eigenvalue weighted by Gasteiger charge is 2.50. The normalized spacial score (nSPS) is 19.0. The Labute approximate surface area is 239 Å². The molecule has 8 heteroatoms. The van der Waals surface area contributed by atoms with Crippen molar-refractivity contribution >= 4 is 28.6 Å². The molecule has 4 heterocycles. The Hall–Kier alpha value is -4.46. The van der Waals surface area contributed by atoms with Crippen molar-refractivity contribution in [2.24, 2.45) is 5.41 Å². The molecule has 8 nitrogen and oxygen atoms in total. The van der Waals surface area contributed by atoms with Gasteiger partial charge in [-0.15, -0.1) is 0 Å². The number of pyridine rings is 1. The summed E-state index contributed by atoms with van der Waals surface area (Å²) >= 11 is 0. The standard InChI is InChI=1S/C33H35N5O3/c1-20-14-28(34-17-25(20)21-10-6-5-7-11-21)31(40)37-18-24-16-23(37)19-38(24)32(41)29(33(2,3)4)36-30(39)27-15-22-12-8-9-13-26(22)35-27/h5-15,17,23-24,29,35H,16,18-19H2,1-4H3,(H,36,39)/t23-,24-,29+/m0/s1. The summed E-state index contributed by atoms with van der Waals surface area (Å²) in [6, 6.07) is 20.5. The zero-order valence-electron chi connectivity index (χ0n) is 23.8. The number of carbonyl (C=O) groups excluding carboxylic acids is 3. The predicted molar refractivity (Wildman–Crippen MR) is 158 cm³/mol. The first-order chi connectivity index (χ1) is 19.6. The number of H-pyrrole nitrogens is 1. The second kappa shape index (κ2) is 10.2. The molecule has 41 heavy (non-hydrogen) atoms. The number of fused-ring (bicyclic) bond motifs is 3. The molecule has 0 spiro atoms. The van der Waals surface area contributed by atoms with Gasteiger partial charge in [-0.3, -0.25) is 19.4 Å². The average Bonchev–Trinajstić information content (AvgIpc) is 3.69. The molecule has 2 aromatic carbocycles. The van der Waals surface area contributed by atoms with E-state index >= 15 is 0 Å². The third-order valence-corrected chi connectivity index (χ3v) is 8.36. The molecule has 2 aliphatic rings. The highest BCUT2D eigenvalue weighted by atomic mass is 16.2. The van der Waals surface area contributed by atoms with Gasteiger partial charge in [0.2, 0.25) is 5.91 Å². The van der Waals surface area contributed by atoms with Gasteiger partial charge in [-0.1, -0.05) is 69.3 Å². The summed E-state index contributed by atoms with van der Waals surface area (Å²) in [5.41, 5.74) is 4.28. The van der Waals surface area contributed by atoms with Gasteiger partial charge >= 0.3 is 0 Å². The Morgan fingerprint density at radius 2 is 1.63 bits per heavy atom. The lowest BCUT2D eigenvalue weighted by molar-refractivity contribution is -0.138. The number of benzene rings is 2. The van der Waals surface area contributed by atoms with Crippen LogP contribution in [-0.4, -0.2) is 68.7 Å². The Morgan fingerprint density at radius 1 is 0.951 bits per heavy atom. The number of hydrogen-bond donors (Lipinski definition) is 2. The fourth-order valence-corrected chi connectivity index (χ4v) is 6.14. The Balaban J connectivity index is 1.14. The lowest BCUT2D eigenvalue weighted by atomic mass is 9.85. The van der Waals surface area contributed by atoms with Crippen LogP contribution in [0.1, 0.15) is 53.7 Å². The van der Waals surface area contributed by atoms with Gasteiger partial charge < -0.3 is 20.1 Å². The first-order valence-electron chi connectivity index (χ1n) is 14.1. The molecule has 2 fully saturated rings. The molecule has 0 unspecified atom stereocenters. The van der Waals surface area contributed by atoms with Crippen molar-refractivity contribution in [3.8, 4) is 11.1 Å². The molecule has 4 aromatic rings. The SMILES string of the molecule is Cc1cc(C(=O)N2C[C@@H]3C[C@H]2CN3C(=O)[C@@H](NC(=O)c2cc3ccccc3[nH]2)C(C)(C)C)ncc1-c1ccccc1. The molecule has 2 aromatic heterocycles. The molecular formula is C33H35N5O3. The zero-order chi connectivity index (χ0) is 28.9. The number of rotatable bonds is 5. The minimum atomic E-state index is -0.709. The highest BCUT2D eigenvalue weighted by Crippen LogP contribution is 2.34. The van der Waals surface area contributed by atoms with Gasteiger partial charge in [0.15, 0.2) is 0 Å². The molecule has 2 aliphatic heterocycles. The average molecular weight is 550 g/mol. The van der Waals surface area contributed by atoms with Crippen LogP contribution >= 0.6 is 0 Å². The van der Waals surface area contributed by atoms with E-state index in [2.05, 4.69) is 15.3 Å². The zero-order valence-corrected chi connectivity index (χ0v) is 23.8. The Morgan fingerprint density at radius 3 is 2.29 bits per heavy atom. The van der Waals surface area contributed by atoms with E-state index in [0.717, 1.165) is 34.0 Å². The number of aromatic nitrogens is 2. The van der Waals surface area contributed by atoms with Crippen LogP contribution in [0.25, 0.3) is 22.0 Å². The van der Waals surface area contributed by atoms with Crippen molar-refractivity contribution in [3.63, 3.8) is 0 Å². The molecule has 2 bridgehead atoms. The fraction of sp³-hybridized carbons (Fsp3) is 0.333. The van der Waals surface area contributed by atoms with E-state index in [-0.39, 0.29) is 29.8 Å². The molecular weight excluding hydrogens is 514 g/mol. The number of aromatic amines is 1. The number of carbonyl (C=O) groups is 3. The van der Waals surface area contributed by atoms with Crippen LogP contribution in [-0.2, 0) is 4.79 Å². The van der Waals surface area contributed by atoms with Gasteiger partial charge in [-0.05, 0) is 48.1 Å². The summed E-state index contributed by atoms with van der Waals surface area (Å²) in [6.07, 6.45) is 2.50. The summed E-state index contributed by atoms with van der Waals surface area (Å²) in [5, 5.41) is 3.95. The van der Waals surface area contributed by atoms with Crippen LogP contribution in [0.4, 0.5) is 0 Å². The topological polar surface area (TPSA) is 98.4 Å². The van der Waals surface area contributed by atoms with Gasteiger partial charge in [-0.2, -0.15) is 0 Å². The van der Waals surface area contributed by atoms with Gasteiger partial charge in [-0.25, -0.2) is 0 Å². The van der Waals surface area contributed by atoms with Crippen LogP contribution < -0.4 is 5.32 Å². The molecule has 3 amide bonds. The van der Waals surface area contributed by atoms with Gasteiger partial charge in [0.05, 0.1) is 12.1 Å². The van der Waals surface area contributed by atoms with Crippen LogP contribution in [0.3, 0.4) is 0 Å². The number of nitrogens with one attached hydrogen (secondary N) is 2. The number of aryl methyl sites for hydroxylation is 1. The quantitative estimate of drug-likeness (QED) is 0.373. The summed E-state index contributed by atoms with van der Waals surface area (Å²) < 4.78 is 0. The number of nitrogens with zero attached hydrogens (tertiary/aromatic N) is 3. The van der Waals surface area contributed by atoms with Gasteiger partial charge in [0.25, 0.3) is 11.8 Å². The number of likely N-dealkylation sites (tertiary alicyclic amines) is 2. The summed E-state index contributed by atoms with van der Waals surface area (Å²) in [6.45, 7) is 8.78. The lowest BCUT2D eigenvalue weighted by Gasteiger charge is -2.39. The summed E-state index contributed by atoms with van der Waals surface area (Å²) in [4.78, 5) is 51.9. The van der Waals surface area contributed by atoms with Crippen molar-refractivity contribution in [1.82, 2.24) is 25.1 Å². The summed E-state index contributed by atoms with van der Waals surface area (Å²) in [7, 11) is 0. The van der Waals surface area contributed by atoms with Crippen molar-refractivity contribution in [2.75, 3.05) is 13.1 Å². The number of piperazine rings is 1. The van der Waals surface area contributed by atoms with Crippen LogP contribution in [0.2, 0.25) is 0 Å². The molecule has 0 radical (unpaired) electrons. The van der Waals surface area contributed by atoms with E-state index in [0.29, 0.717) is 24.5 Å². The first-order valence-corrected chi connectivity index (χ1v) is 14.1. The molecule has 0 aliphatic carbocycles. The van der Waals surface area contributed by atoms with E-state index < -0.39 is 11.5 Å². The van der Waals surface area contributed by atoms with Crippen LogP contribution in [0.15, 0.2) is 72.9 Å². The minimum Gasteiger partial charge on any atom is -0.351 e. The Kier molecular flexibility index (Phi) is 6.64. The van der Waals surface area contributed by atoms with E-state index in [1.807, 2.05) is 98.2 Å². The second-order valence-corrected chi connectivity index (χ2v) is 12.3. The molecule has 6 rings (SSSR count). The predicted octanol–water partition coefficient (Wildman–Crippen LogP) is 4.81. The molecule has 3 atom stereocenters. The molecule has 2 N–H and O–H groups in total. The highest BCUT2D eigenvalue weighted by molar-refractivity contribution is 6.00. The van der Waals surface area contributed by atoms with E-state index in [9.17, 15) is 14.4 Å². The number of para-hydroxylation sites is 1. The van der Waals surface area contributed by atoms with Crippen LogP contribution in [0, 0.1) is 12.3 Å². The first kappa shape index (κ1) is 26.7. The Bertz CT molecular complexity index is 1600. The maximum absolute atomic E-state index is 13.9. The third kappa shape index (κ3) is 4.99. The van der Waals surface area contributed by atoms with E-state index in [1.165, 1.54) is 0 Å². The maximum atomic E-state index is 13.9. The molecule has 210 valence electrons. The molecule has 2 saturated heterocycles. The second-order valence-electron chi connectivity index (χ2n) is 12.3. The van der Waals surface area contributed by atoms with Crippen LogP contribution in [0.5, 0.6) is 0 Å². The van der Waals surface area contributed by atoms with Gasteiger partial charge in [0.1, 0.15) is 17.4 Å². The smallest absolute Gasteiger partial charge is 0.272 e. The third-order valence-electron chi connectivity index (χ3n) is 8.36. The largest absolute Gasteiger partial charge is 0.351 e. The minimum absolute atomic E-state index is 0.0719. The molecule has 0 saturated carbocycles. The summed E-state index contributed by atoms with van der Waals surface area (Å²) in [5.74, 6) is -0.523. The number of amides is 3. The van der Waals surface area contributed by atoms with E-state index in [1.54, 1.807) is 12.3 Å². The van der Waals surface area contributed by atoms with Crippen molar-refractivity contribution in [3.05, 3.63) is 89.9 Å². The van der Waals surface area contributed by atoms with Crippen molar-refractivity contribution < 1.29 is 14.4 Å². The van der Waals surface area contributed by atoms with Gasteiger partial charge in [0, 0.05) is 35.8 Å².